The highest BCUT2D eigenvalue weighted by molar-refractivity contribution is 7.89. The van der Waals surface area contributed by atoms with E-state index in [1.807, 2.05) is 0 Å². The first-order valence-electron chi connectivity index (χ1n) is 7.16. The Balaban J connectivity index is 2.63. The summed E-state index contributed by atoms with van der Waals surface area (Å²) in [5.74, 6) is -11.8. The van der Waals surface area contributed by atoms with Gasteiger partial charge in [0, 0.05) is 12.6 Å². The number of hydrogen-bond donors (Lipinski definition) is 0. The summed E-state index contributed by atoms with van der Waals surface area (Å²) in [6, 6.07) is 7.28. The summed E-state index contributed by atoms with van der Waals surface area (Å²) in [6.45, 7) is 2.55. The van der Waals surface area contributed by atoms with Gasteiger partial charge in [-0.25, -0.2) is 30.4 Å². The molecule has 0 radical (unpaired) electrons. The minimum Gasteiger partial charge on any atom is -0.207 e. The molecule has 0 saturated heterocycles. The molecule has 136 valence electrons. The number of rotatable bonds is 5. The average Bonchev–Trinajstić information content (AvgIpc) is 2.56. The van der Waals surface area contributed by atoms with Crippen LogP contribution in [0.1, 0.15) is 19.4 Å². The van der Waals surface area contributed by atoms with Gasteiger partial charge in [0.2, 0.25) is 15.8 Å². The van der Waals surface area contributed by atoms with Crippen LogP contribution in [0, 0.1) is 29.1 Å². The van der Waals surface area contributed by atoms with Gasteiger partial charge >= 0.3 is 0 Å². The Hall–Kier alpha value is -2.00. The van der Waals surface area contributed by atoms with Crippen molar-refractivity contribution < 1.29 is 30.4 Å². The summed E-state index contributed by atoms with van der Waals surface area (Å²) in [4.78, 5) is -1.85. The first kappa shape index (κ1) is 19.3. The molecule has 0 aliphatic heterocycles. The molecule has 2 rings (SSSR count). The summed E-state index contributed by atoms with van der Waals surface area (Å²) in [5, 5.41) is 0. The molecule has 2 aromatic carbocycles. The maximum atomic E-state index is 13.9. The van der Waals surface area contributed by atoms with Crippen LogP contribution in [0.4, 0.5) is 22.0 Å². The Kier molecular flexibility index (Phi) is 5.48. The summed E-state index contributed by atoms with van der Waals surface area (Å²) in [5.41, 5.74) is 0.489. The highest BCUT2D eigenvalue weighted by Crippen LogP contribution is 2.30. The van der Waals surface area contributed by atoms with Gasteiger partial charge in [0.1, 0.15) is 0 Å². The molecule has 0 fully saturated rings. The van der Waals surface area contributed by atoms with Crippen LogP contribution in [-0.2, 0) is 16.6 Å². The monoisotopic (exact) mass is 379 g/mol. The number of benzene rings is 2. The van der Waals surface area contributed by atoms with Gasteiger partial charge < -0.3 is 0 Å². The molecule has 2 aromatic rings. The number of nitrogens with zero attached hydrogens (tertiary/aromatic N) is 1. The number of halogens is 5. The first-order valence-corrected chi connectivity index (χ1v) is 8.60. The lowest BCUT2D eigenvalue weighted by Crippen LogP contribution is -2.37. The lowest BCUT2D eigenvalue weighted by molar-refractivity contribution is 0.328. The van der Waals surface area contributed by atoms with Crippen molar-refractivity contribution in [1.29, 1.82) is 0 Å². The molecular formula is C16H14F5NO2S. The SMILES string of the molecule is CC(C)N(Cc1ccccc1)S(=O)(=O)c1c(F)c(F)c(F)c(F)c1F. The van der Waals surface area contributed by atoms with Gasteiger partial charge in [-0.15, -0.1) is 0 Å². The van der Waals surface area contributed by atoms with Crippen molar-refractivity contribution in [2.75, 3.05) is 0 Å². The van der Waals surface area contributed by atoms with Crippen molar-refractivity contribution in [3.05, 3.63) is 65.0 Å². The zero-order chi connectivity index (χ0) is 18.9. The first-order chi connectivity index (χ1) is 11.6. The summed E-state index contributed by atoms with van der Waals surface area (Å²) in [7, 11) is -4.98. The molecule has 0 amide bonds. The molecule has 3 nitrogen and oxygen atoms in total. The number of sulfonamides is 1. The Bertz CT molecular complexity index is 856. The molecule has 0 aromatic heterocycles. The van der Waals surface area contributed by atoms with E-state index in [2.05, 4.69) is 0 Å². The van der Waals surface area contributed by atoms with Crippen LogP contribution in [0.5, 0.6) is 0 Å². The lowest BCUT2D eigenvalue weighted by Gasteiger charge is -2.26. The Morgan fingerprint density at radius 1 is 0.840 bits per heavy atom. The largest absolute Gasteiger partial charge is 0.249 e. The van der Waals surface area contributed by atoms with Crippen LogP contribution in [0.3, 0.4) is 0 Å². The molecule has 0 saturated carbocycles. The molecular weight excluding hydrogens is 365 g/mol. The van der Waals surface area contributed by atoms with E-state index in [1.54, 1.807) is 30.3 Å². The molecule has 0 N–H and O–H groups in total. The van der Waals surface area contributed by atoms with Crippen LogP contribution in [0.25, 0.3) is 0 Å². The second-order valence-electron chi connectivity index (χ2n) is 5.53. The molecule has 25 heavy (non-hydrogen) atoms. The topological polar surface area (TPSA) is 37.4 Å². The molecule has 0 spiro atoms. The standard InChI is InChI=1S/C16H14F5NO2S/c1-9(2)22(8-10-6-4-3-5-7-10)25(23,24)16-14(20)12(18)11(17)13(19)15(16)21/h3-7,9H,8H2,1-2H3. The van der Waals surface area contributed by atoms with Crippen molar-refractivity contribution in [2.24, 2.45) is 0 Å². The van der Waals surface area contributed by atoms with Crippen LogP contribution in [0.15, 0.2) is 35.2 Å². The molecule has 0 unspecified atom stereocenters. The minimum atomic E-state index is -4.98. The molecule has 0 bridgehead atoms. The van der Waals surface area contributed by atoms with E-state index in [4.69, 9.17) is 0 Å². The van der Waals surface area contributed by atoms with Gasteiger partial charge in [-0.05, 0) is 19.4 Å². The molecule has 9 heteroatoms. The highest BCUT2D eigenvalue weighted by Gasteiger charge is 2.38. The van der Waals surface area contributed by atoms with Crippen molar-refractivity contribution >= 4 is 10.0 Å². The third-order valence-electron chi connectivity index (χ3n) is 3.49. The van der Waals surface area contributed by atoms with Gasteiger partial charge in [0.05, 0.1) is 0 Å². The van der Waals surface area contributed by atoms with E-state index in [1.165, 1.54) is 13.8 Å². The predicted octanol–water partition coefficient (Wildman–Crippen LogP) is 3.98. The van der Waals surface area contributed by atoms with E-state index in [9.17, 15) is 30.4 Å². The quantitative estimate of drug-likeness (QED) is 0.448. The Morgan fingerprint density at radius 2 is 1.28 bits per heavy atom. The van der Waals surface area contributed by atoms with Gasteiger partial charge in [0.25, 0.3) is 0 Å². The van der Waals surface area contributed by atoms with E-state index in [-0.39, 0.29) is 6.54 Å². The maximum Gasteiger partial charge on any atom is 0.249 e. The fourth-order valence-corrected chi connectivity index (χ4v) is 3.98. The maximum absolute atomic E-state index is 13.9. The van der Waals surface area contributed by atoms with Crippen LogP contribution < -0.4 is 0 Å². The Labute approximate surface area is 141 Å². The highest BCUT2D eigenvalue weighted by atomic mass is 32.2. The molecule has 0 heterocycles. The van der Waals surface area contributed by atoms with Crippen LogP contribution in [0.2, 0.25) is 0 Å². The second-order valence-corrected chi connectivity index (χ2v) is 7.36. The zero-order valence-electron chi connectivity index (χ0n) is 13.2. The summed E-state index contributed by atoms with van der Waals surface area (Å²) < 4.78 is 93.7. The van der Waals surface area contributed by atoms with Crippen LogP contribution in [-0.4, -0.2) is 18.8 Å². The van der Waals surface area contributed by atoms with E-state index in [0.717, 1.165) is 0 Å². The van der Waals surface area contributed by atoms with E-state index >= 15 is 0 Å². The van der Waals surface area contributed by atoms with E-state index < -0.39 is 50.0 Å². The third kappa shape index (κ3) is 3.52. The smallest absolute Gasteiger partial charge is 0.207 e. The lowest BCUT2D eigenvalue weighted by atomic mass is 10.2. The van der Waals surface area contributed by atoms with Crippen LogP contribution >= 0.6 is 0 Å². The normalized spacial score (nSPS) is 12.2. The van der Waals surface area contributed by atoms with Crippen molar-refractivity contribution in [3.63, 3.8) is 0 Å². The summed E-state index contributed by atoms with van der Waals surface area (Å²) >= 11 is 0. The van der Waals surface area contributed by atoms with Gasteiger partial charge in [-0.1, -0.05) is 30.3 Å². The second kappa shape index (κ2) is 7.09. The molecule has 0 aliphatic carbocycles. The minimum absolute atomic E-state index is 0.291. The van der Waals surface area contributed by atoms with Gasteiger partial charge in [-0.3, -0.25) is 0 Å². The van der Waals surface area contributed by atoms with Crippen molar-refractivity contribution in [3.8, 4) is 0 Å². The molecule has 0 aliphatic rings. The van der Waals surface area contributed by atoms with E-state index in [0.29, 0.717) is 9.87 Å². The fourth-order valence-electron chi connectivity index (χ4n) is 2.24. The third-order valence-corrected chi connectivity index (χ3v) is 5.54. The fraction of sp³-hybridized carbons (Fsp3) is 0.250. The van der Waals surface area contributed by atoms with Crippen molar-refractivity contribution in [2.45, 2.75) is 31.3 Å². The Morgan fingerprint density at radius 3 is 1.72 bits per heavy atom. The average molecular weight is 379 g/mol. The number of hydrogen-bond acceptors (Lipinski definition) is 2. The summed E-state index contributed by atoms with van der Waals surface area (Å²) in [6.07, 6.45) is 0. The van der Waals surface area contributed by atoms with Gasteiger partial charge in [0.15, 0.2) is 28.2 Å². The van der Waals surface area contributed by atoms with Gasteiger partial charge in [-0.2, -0.15) is 4.31 Å². The van der Waals surface area contributed by atoms with Crippen molar-refractivity contribution in [1.82, 2.24) is 4.31 Å². The predicted molar refractivity (Wildman–Crippen MR) is 80.5 cm³/mol. The zero-order valence-corrected chi connectivity index (χ0v) is 14.0. The molecule has 0 atom stereocenters.